The van der Waals surface area contributed by atoms with Gasteiger partial charge in [-0.2, -0.15) is 0 Å². The SMILES string of the molecule is c1ccc(-c2nc(-c3ccccc3)nc(-c3cccc(-c4ccc5c(c4)-c4c(n(-c6ccccc6)c6ccccc46)-c4ccccc4-c4c-5n(-c5ccccc5)c5ccccc45)c3)n2)cc1. The van der Waals surface area contributed by atoms with E-state index in [2.05, 4.69) is 185 Å². The van der Waals surface area contributed by atoms with Gasteiger partial charge in [-0.3, -0.25) is 0 Å². The molecule has 308 valence electrons. The fourth-order valence-corrected chi connectivity index (χ4v) is 10.0. The summed E-state index contributed by atoms with van der Waals surface area (Å²) in [5.41, 5.74) is 19.0. The Bertz CT molecular complexity index is 3700. The van der Waals surface area contributed by atoms with Gasteiger partial charge >= 0.3 is 0 Å². The van der Waals surface area contributed by atoms with Gasteiger partial charge in [0.1, 0.15) is 0 Å². The van der Waals surface area contributed by atoms with Gasteiger partial charge in [0.15, 0.2) is 17.5 Å². The molecule has 0 amide bonds. The Labute approximate surface area is 382 Å². The zero-order valence-electron chi connectivity index (χ0n) is 35.8. The first kappa shape index (κ1) is 37.6. The van der Waals surface area contributed by atoms with Gasteiger partial charge in [0.05, 0.1) is 22.4 Å². The fourth-order valence-electron chi connectivity index (χ4n) is 10.0. The molecule has 13 rings (SSSR count). The highest BCUT2D eigenvalue weighted by Gasteiger charge is 2.32. The first-order valence-corrected chi connectivity index (χ1v) is 22.4. The molecule has 0 bridgehead atoms. The van der Waals surface area contributed by atoms with Gasteiger partial charge in [0.2, 0.25) is 0 Å². The summed E-state index contributed by atoms with van der Waals surface area (Å²) in [6, 6.07) is 84.3. The Morgan fingerprint density at radius 1 is 0.258 bits per heavy atom. The quantitative estimate of drug-likeness (QED) is 0.168. The van der Waals surface area contributed by atoms with Crippen molar-refractivity contribution in [2.75, 3.05) is 0 Å². The zero-order chi connectivity index (χ0) is 43.6. The number of para-hydroxylation sites is 4. The van der Waals surface area contributed by atoms with Crippen LogP contribution in [0.4, 0.5) is 0 Å². The molecule has 0 atom stereocenters. The molecule has 0 saturated carbocycles. The largest absolute Gasteiger partial charge is 0.309 e. The van der Waals surface area contributed by atoms with Crippen LogP contribution in [-0.4, -0.2) is 24.1 Å². The van der Waals surface area contributed by atoms with Crippen molar-refractivity contribution in [3.63, 3.8) is 0 Å². The molecule has 5 heteroatoms. The van der Waals surface area contributed by atoms with Crippen LogP contribution >= 0.6 is 0 Å². The van der Waals surface area contributed by atoms with Gasteiger partial charge < -0.3 is 9.13 Å². The molecule has 0 radical (unpaired) electrons. The maximum Gasteiger partial charge on any atom is 0.164 e. The summed E-state index contributed by atoms with van der Waals surface area (Å²) >= 11 is 0. The first-order chi connectivity index (χ1) is 32.8. The molecule has 0 aliphatic heterocycles. The number of benzene rings is 9. The van der Waals surface area contributed by atoms with Crippen LogP contribution in [-0.2, 0) is 0 Å². The van der Waals surface area contributed by atoms with Crippen LogP contribution in [0.1, 0.15) is 0 Å². The number of hydrogen-bond donors (Lipinski definition) is 0. The maximum absolute atomic E-state index is 5.10. The van der Waals surface area contributed by atoms with E-state index in [1.165, 1.54) is 44.4 Å². The van der Waals surface area contributed by atoms with E-state index in [0.29, 0.717) is 17.5 Å². The number of aromatic nitrogens is 5. The number of nitrogens with zero attached hydrogens (tertiary/aromatic N) is 5. The Balaban J connectivity index is 1.10. The van der Waals surface area contributed by atoms with Gasteiger partial charge in [-0.05, 0) is 70.8 Å². The van der Waals surface area contributed by atoms with Crippen molar-refractivity contribution in [3.8, 4) is 101 Å². The highest BCUT2D eigenvalue weighted by atomic mass is 15.0. The lowest BCUT2D eigenvalue weighted by molar-refractivity contribution is 1.07. The summed E-state index contributed by atoms with van der Waals surface area (Å²) in [6.07, 6.45) is 0. The highest BCUT2D eigenvalue weighted by Crippen LogP contribution is 2.55. The van der Waals surface area contributed by atoms with Crippen LogP contribution in [0, 0.1) is 0 Å². The van der Waals surface area contributed by atoms with E-state index >= 15 is 0 Å². The first-order valence-electron chi connectivity index (χ1n) is 22.4. The van der Waals surface area contributed by atoms with Gasteiger partial charge in [-0.25, -0.2) is 15.0 Å². The van der Waals surface area contributed by atoms with E-state index in [1.807, 2.05) is 60.7 Å². The van der Waals surface area contributed by atoms with E-state index in [-0.39, 0.29) is 0 Å². The molecule has 0 saturated heterocycles. The molecule has 12 aromatic rings. The second-order valence-corrected chi connectivity index (χ2v) is 16.7. The standard InChI is InChI=1S/C61H39N5/c1-5-20-40(21-6-1)59-62-60(41-22-7-2-8-23-41)64-61(63-59)44-25-19-24-42(38-44)43-36-37-49-52(39-43)56-51-33-16-18-35-54(51)65(45-26-9-3-10-27-45)57(56)48-31-14-13-30-47(48)55-50-32-15-17-34-53(50)66(58(49)55)46-28-11-4-12-29-46/h1-39H. The molecule has 3 heterocycles. The van der Waals surface area contributed by atoms with E-state index in [4.69, 9.17) is 15.0 Å². The van der Waals surface area contributed by atoms with Crippen molar-refractivity contribution in [2.24, 2.45) is 0 Å². The molecule has 66 heavy (non-hydrogen) atoms. The molecule has 9 aromatic carbocycles. The van der Waals surface area contributed by atoms with Crippen LogP contribution in [0.25, 0.3) is 123 Å². The van der Waals surface area contributed by atoms with E-state index in [9.17, 15) is 0 Å². The van der Waals surface area contributed by atoms with Crippen LogP contribution in [0.5, 0.6) is 0 Å². The summed E-state index contributed by atoms with van der Waals surface area (Å²) in [4.78, 5) is 15.2. The Morgan fingerprint density at radius 2 is 0.652 bits per heavy atom. The van der Waals surface area contributed by atoms with Crippen LogP contribution in [0.15, 0.2) is 237 Å². The topological polar surface area (TPSA) is 48.5 Å². The molecule has 0 N–H and O–H groups in total. The molecule has 5 nitrogen and oxygen atoms in total. The third kappa shape index (κ3) is 6.05. The molecule has 0 spiro atoms. The second kappa shape index (κ2) is 15.4. The summed E-state index contributed by atoms with van der Waals surface area (Å²) < 4.78 is 4.94. The molecule has 0 fully saturated rings. The predicted octanol–water partition coefficient (Wildman–Crippen LogP) is 15.4. The van der Waals surface area contributed by atoms with E-state index < -0.39 is 0 Å². The molecular weight excluding hydrogens is 803 g/mol. The van der Waals surface area contributed by atoms with E-state index in [1.54, 1.807) is 0 Å². The van der Waals surface area contributed by atoms with Gasteiger partial charge in [-0.1, -0.05) is 188 Å². The van der Waals surface area contributed by atoms with Crippen molar-refractivity contribution < 1.29 is 0 Å². The van der Waals surface area contributed by atoms with Crippen molar-refractivity contribution in [1.29, 1.82) is 0 Å². The minimum absolute atomic E-state index is 0.623. The average Bonchev–Trinajstić information content (AvgIpc) is 3.92. The summed E-state index contributed by atoms with van der Waals surface area (Å²) in [5, 5.41) is 2.40. The number of hydrogen-bond acceptors (Lipinski definition) is 3. The second-order valence-electron chi connectivity index (χ2n) is 16.7. The smallest absolute Gasteiger partial charge is 0.164 e. The molecular formula is C61H39N5. The van der Waals surface area contributed by atoms with Crippen LogP contribution in [0.2, 0.25) is 0 Å². The average molecular weight is 842 g/mol. The fraction of sp³-hybridized carbons (Fsp3) is 0. The minimum atomic E-state index is 0.623. The monoisotopic (exact) mass is 841 g/mol. The van der Waals surface area contributed by atoms with E-state index in [0.717, 1.165) is 61.4 Å². The van der Waals surface area contributed by atoms with Gasteiger partial charge in [-0.15, -0.1) is 0 Å². The maximum atomic E-state index is 5.10. The third-order valence-electron chi connectivity index (χ3n) is 12.9. The van der Waals surface area contributed by atoms with Gasteiger partial charge in [0.25, 0.3) is 0 Å². The van der Waals surface area contributed by atoms with Crippen molar-refractivity contribution in [2.45, 2.75) is 0 Å². The number of fused-ring (bicyclic) bond motifs is 12. The van der Waals surface area contributed by atoms with Crippen molar-refractivity contribution >= 4 is 21.8 Å². The summed E-state index contributed by atoms with van der Waals surface area (Å²) in [6.45, 7) is 0. The summed E-state index contributed by atoms with van der Waals surface area (Å²) in [7, 11) is 0. The number of rotatable bonds is 6. The van der Waals surface area contributed by atoms with Crippen molar-refractivity contribution in [1.82, 2.24) is 24.1 Å². The van der Waals surface area contributed by atoms with Crippen LogP contribution < -0.4 is 0 Å². The van der Waals surface area contributed by atoms with Gasteiger partial charge in [0, 0.05) is 61.1 Å². The minimum Gasteiger partial charge on any atom is -0.309 e. The predicted molar refractivity (Wildman–Crippen MR) is 271 cm³/mol. The summed E-state index contributed by atoms with van der Waals surface area (Å²) in [5.74, 6) is 1.90. The lowest BCUT2D eigenvalue weighted by Crippen LogP contribution is -2.03. The lowest BCUT2D eigenvalue weighted by Gasteiger charge is -2.23. The Kier molecular flexibility index (Phi) is 8.78. The molecule has 1 aliphatic rings. The van der Waals surface area contributed by atoms with Crippen molar-refractivity contribution in [3.05, 3.63) is 237 Å². The lowest BCUT2D eigenvalue weighted by atomic mass is 9.83. The molecule has 1 aliphatic carbocycles. The Hall–Kier alpha value is -8.93. The third-order valence-corrected chi connectivity index (χ3v) is 12.9. The highest BCUT2D eigenvalue weighted by molar-refractivity contribution is 6.17. The Morgan fingerprint density at radius 3 is 1.21 bits per heavy atom. The molecule has 3 aromatic heterocycles. The van der Waals surface area contributed by atoms with Crippen LogP contribution in [0.3, 0.4) is 0 Å². The molecule has 0 unspecified atom stereocenters. The zero-order valence-corrected chi connectivity index (χ0v) is 35.8. The normalized spacial score (nSPS) is 11.6.